The van der Waals surface area contributed by atoms with Crippen LogP contribution in [0.3, 0.4) is 0 Å². The molecule has 11 aromatic rings. The second-order valence-electron chi connectivity index (χ2n) is 29.3. The molecule has 0 saturated heterocycles. The van der Waals surface area contributed by atoms with Crippen LogP contribution in [-0.4, -0.2) is 16.2 Å². The zero-order valence-electron chi connectivity index (χ0n) is 54.7. The van der Waals surface area contributed by atoms with Crippen LogP contribution in [0.5, 0.6) is 11.5 Å². The normalized spacial score (nSPS) is 15.2. The van der Waals surface area contributed by atoms with Crippen LogP contribution in [0.15, 0.2) is 194 Å². The standard InChI is InChI=1S/C84H83F3N4O/c1-82(2,3)59-38-39-88-78(47-59)91-74-33-20-19-30-68(74)69-37-36-64(51-77(69)91)92-65-43-58(79-66(54-26-15-11-16-27-54)31-23-32-67(79)55-28-17-12-18-29-55)42-63(50-65)89-52-90(76-35-22-21-34-75(76)89)81-70(57-40-60(83(4,5)6)46-61(41-57)84(7,8)9)44-56(53-24-13-10-14-25-53)45-71(81)80-72(86)48-62(85)49-73(80)87/h10,13-14,19-25,30-51,54-55H,11-12,15-18,26-29,52H2,1-9H3. The van der Waals surface area contributed by atoms with E-state index in [1.165, 1.54) is 60.8 Å². The van der Waals surface area contributed by atoms with E-state index in [0.29, 0.717) is 34.6 Å². The fourth-order valence-electron chi connectivity index (χ4n) is 15.0. The molecule has 0 N–H and O–H groups in total. The Balaban J connectivity index is 1.00. The number of pyridine rings is 1. The SMILES string of the molecule is CC(C)(C)c1cc(-c2cc(-c3ccccc3)cc(-c3c(F)cc(F)cc3F)c2N2CN(c3cc(Oc4ccc5c6ccccc6n(-c6cc(C(C)(C)C)ccn6)c5c4)cc(-c4c(C5CCCCC5)cccc4C4CCCCC4)c3)c3ccccc32)cc(C(C)(C)C)c1. The van der Waals surface area contributed by atoms with Gasteiger partial charge in [0.15, 0.2) is 0 Å². The van der Waals surface area contributed by atoms with E-state index in [1.807, 2.05) is 48.7 Å². The van der Waals surface area contributed by atoms with Gasteiger partial charge in [0.25, 0.3) is 0 Å². The van der Waals surface area contributed by atoms with Crippen LogP contribution in [0.25, 0.3) is 72.1 Å². The van der Waals surface area contributed by atoms with Gasteiger partial charge in [-0.1, -0.05) is 198 Å². The summed E-state index contributed by atoms with van der Waals surface area (Å²) in [6.07, 6.45) is 13.9. The van der Waals surface area contributed by atoms with E-state index in [4.69, 9.17) is 9.72 Å². The van der Waals surface area contributed by atoms with E-state index >= 15 is 13.2 Å². The maximum atomic E-state index is 17.2. The molecule has 2 aromatic heterocycles. The summed E-state index contributed by atoms with van der Waals surface area (Å²) in [6, 6.07) is 64.1. The number of halogens is 3. The highest BCUT2D eigenvalue weighted by Crippen LogP contribution is 2.55. The van der Waals surface area contributed by atoms with Crippen molar-refractivity contribution in [2.75, 3.05) is 16.5 Å². The Hall–Kier alpha value is -8.88. The molecule has 2 fully saturated rings. The fraction of sp³-hybridized carbons (Fsp3) is 0.298. The lowest BCUT2D eigenvalue weighted by Crippen LogP contribution is -2.25. The number of para-hydroxylation sites is 3. The molecule has 1 aliphatic heterocycles. The monoisotopic (exact) mass is 1220 g/mol. The predicted octanol–water partition coefficient (Wildman–Crippen LogP) is 24.3. The molecule has 0 amide bonds. The Labute approximate surface area is 541 Å². The van der Waals surface area contributed by atoms with E-state index in [9.17, 15) is 0 Å². The Kier molecular flexibility index (Phi) is 15.8. The molecule has 9 aromatic carbocycles. The topological polar surface area (TPSA) is 33.5 Å². The lowest BCUT2D eigenvalue weighted by atomic mass is 9.75. The van der Waals surface area contributed by atoms with Crippen LogP contribution in [0.1, 0.15) is 166 Å². The predicted molar refractivity (Wildman–Crippen MR) is 376 cm³/mol. The van der Waals surface area contributed by atoms with E-state index < -0.39 is 17.5 Å². The third-order valence-electron chi connectivity index (χ3n) is 19.9. The van der Waals surface area contributed by atoms with Crippen molar-refractivity contribution in [2.45, 2.75) is 155 Å². The highest BCUT2D eigenvalue weighted by molar-refractivity contribution is 6.09. The second kappa shape index (κ2) is 24.0. The minimum Gasteiger partial charge on any atom is -0.457 e. The first-order valence-electron chi connectivity index (χ1n) is 33.4. The third kappa shape index (κ3) is 11.6. The first-order chi connectivity index (χ1) is 44.2. The number of anilines is 4. The van der Waals surface area contributed by atoms with Crippen LogP contribution in [0.4, 0.5) is 35.9 Å². The van der Waals surface area contributed by atoms with Gasteiger partial charge in [-0.3, -0.25) is 4.57 Å². The molecule has 8 heteroatoms. The first kappa shape index (κ1) is 60.7. The summed E-state index contributed by atoms with van der Waals surface area (Å²) >= 11 is 0. The number of rotatable bonds is 11. The molecule has 0 atom stereocenters. The average molecular weight is 1220 g/mol. The molecule has 5 nitrogen and oxygen atoms in total. The smallest absolute Gasteiger partial charge is 0.137 e. The third-order valence-corrected chi connectivity index (χ3v) is 19.9. The average Bonchev–Trinajstić information content (AvgIpc) is 1.47. The van der Waals surface area contributed by atoms with Gasteiger partial charge >= 0.3 is 0 Å². The summed E-state index contributed by atoms with van der Waals surface area (Å²) in [6.45, 7) is 20.3. The van der Waals surface area contributed by atoms with Gasteiger partial charge in [-0.25, -0.2) is 18.2 Å². The summed E-state index contributed by atoms with van der Waals surface area (Å²) < 4.78 is 59.3. The molecule has 2 aliphatic carbocycles. The van der Waals surface area contributed by atoms with E-state index in [-0.39, 0.29) is 28.5 Å². The van der Waals surface area contributed by atoms with Gasteiger partial charge in [0.2, 0.25) is 0 Å². The molecule has 2 saturated carbocycles. The first-order valence-corrected chi connectivity index (χ1v) is 33.4. The van der Waals surface area contributed by atoms with Crippen molar-refractivity contribution in [1.29, 1.82) is 0 Å². The van der Waals surface area contributed by atoms with E-state index in [0.717, 1.165) is 121 Å². The maximum Gasteiger partial charge on any atom is 0.137 e. The van der Waals surface area contributed by atoms with Crippen molar-refractivity contribution in [1.82, 2.24) is 9.55 Å². The van der Waals surface area contributed by atoms with Crippen LogP contribution in [0.2, 0.25) is 0 Å². The van der Waals surface area contributed by atoms with Gasteiger partial charge in [0, 0.05) is 58.0 Å². The summed E-state index contributed by atoms with van der Waals surface area (Å²) in [4.78, 5) is 9.58. The van der Waals surface area contributed by atoms with Crippen LogP contribution < -0.4 is 14.5 Å². The van der Waals surface area contributed by atoms with Crippen LogP contribution >= 0.6 is 0 Å². The lowest BCUT2D eigenvalue weighted by Gasteiger charge is -2.31. The molecule has 466 valence electrons. The molecule has 0 bridgehead atoms. The summed E-state index contributed by atoms with van der Waals surface area (Å²) in [5.41, 5.74) is 16.9. The van der Waals surface area contributed by atoms with Gasteiger partial charge in [-0.2, -0.15) is 0 Å². The van der Waals surface area contributed by atoms with Crippen molar-refractivity contribution >= 4 is 44.6 Å². The molecular formula is C84H83F3N4O. The number of aromatic nitrogens is 2. The Bertz CT molecular complexity index is 4510. The van der Waals surface area contributed by atoms with Gasteiger partial charge in [0.1, 0.15) is 41.4 Å². The zero-order valence-corrected chi connectivity index (χ0v) is 54.7. The molecule has 0 radical (unpaired) electrons. The van der Waals surface area contributed by atoms with Gasteiger partial charge in [-0.05, 0) is 176 Å². The minimum atomic E-state index is -0.977. The van der Waals surface area contributed by atoms with Crippen LogP contribution in [0, 0.1) is 17.5 Å². The van der Waals surface area contributed by atoms with Gasteiger partial charge in [-0.15, -0.1) is 0 Å². The number of nitrogens with zero attached hydrogens (tertiary/aromatic N) is 4. The summed E-state index contributed by atoms with van der Waals surface area (Å²) in [5, 5.41) is 2.24. The highest BCUT2D eigenvalue weighted by Gasteiger charge is 2.36. The Morgan fingerprint density at radius 3 is 1.65 bits per heavy atom. The van der Waals surface area contributed by atoms with Gasteiger partial charge < -0.3 is 14.5 Å². The van der Waals surface area contributed by atoms with Crippen molar-refractivity contribution in [3.05, 3.63) is 240 Å². The number of hydrogen-bond acceptors (Lipinski definition) is 4. The van der Waals surface area contributed by atoms with Gasteiger partial charge in [0.05, 0.1) is 33.7 Å². The largest absolute Gasteiger partial charge is 0.457 e. The number of ether oxygens (including phenoxy) is 1. The Morgan fingerprint density at radius 2 is 1.01 bits per heavy atom. The molecular weight excluding hydrogens is 1140 g/mol. The zero-order chi connectivity index (χ0) is 63.8. The number of fused-ring (bicyclic) bond motifs is 4. The fourth-order valence-corrected chi connectivity index (χ4v) is 15.0. The van der Waals surface area contributed by atoms with Crippen molar-refractivity contribution in [3.63, 3.8) is 0 Å². The molecule has 0 spiro atoms. The van der Waals surface area contributed by atoms with Crippen molar-refractivity contribution in [2.24, 2.45) is 0 Å². The number of benzene rings is 9. The molecule has 14 rings (SSSR count). The van der Waals surface area contributed by atoms with E-state index in [1.54, 1.807) is 0 Å². The quantitative estimate of drug-likeness (QED) is 0.129. The highest BCUT2D eigenvalue weighted by atomic mass is 19.1. The minimum absolute atomic E-state index is 0.0863. The maximum absolute atomic E-state index is 17.2. The summed E-state index contributed by atoms with van der Waals surface area (Å²) in [7, 11) is 0. The van der Waals surface area contributed by atoms with Crippen molar-refractivity contribution in [3.8, 4) is 61.8 Å². The Morgan fingerprint density at radius 1 is 0.424 bits per heavy atom. The van der Waals surface area contributed by atoms with E-state index in [2.05, 4.69) is 210 Å². The van der Waals surface area contributed by atoms with Crippen LogP contribution in [-0.2, 0) is 16.2 Å². The van der Waals surface area contributed by atoms with Crippen molar-refractivity contribution < 1.29 is 17.9 Å². The molecule has 3 heterocycles. The molecule has 0 unspecified atom stereocenters. The molecule has 92 heavy (non-hydrogen) atoms. The molecule has 3 aliphatic rings. The number of hydrogen-bond donors (Lipinski definition) is 0. The second-order valence-corrected chi connectivity index (χ2v) is 29.3. The lowest BCUT2D eigenvalue weighted by molar-refractivity contribution is 0.436. The summed E-state index contributed by atoms with van der Waals surface area (Å²) in [5.74, 6) is 0.144.